The van der Waals surface area contributed by atoms with Crippen LogP contribution in [0.2, 0.25) is 0 Å². The van der Waals surface area contributed by atoms with E-state index < -0.39 is 11.9 Å². The van der Waals surface area contributed by atoms with E-state index in [0.29, 0.717) is 0 Å². The molecule has 0 unspecified atom stereocenters. The molecule has 0 heterocycles. The minimum atomic E-state index is -0.979. The topological polar surface area (TPSA) is 52.6 Å². The van der Waals surface area contributed by atoms with E-state index in [1.807, 2.05) is 0 Å². The van der Waals surface area contributed by atoms with Crippen LogP contribution in [0, 0.1) is 5.92 Å². The third-order valence-corrected chi connectivity index (χ3v) is 1.35. The van der Waals surface area contributed by atoms with Gasteiger partial charge in [0.15, 0.2) is 0 Å². The fourth-order valence-electron chi connectivity index (χ4n) is 0.167. The third-order valence-electron chi connectivity index (χ3n) is 1.35. The number of hydrogen-bond donors (Lipinski definition) is 0. The van der Waals surface area contributed by atoms with Crippen molar-refractivity contribution in [1.29, 1.82) is 0 Å². The molecule has 0 aliphatic carbocycles. The minimum Gasteiger partial charge on any atom is -0.461 e. The first kappa shape index (κ1) is 14.5. The molecule has 0 rings (SSSR count). The number of carbonyl (C=O) groups excluding carboxylic acids is 2. The number of ether oxygens (including phenoxy) is 2. The summed E-state index contributed by atoms with van der Waals surface area (Å²) in [5, 5.41) is 0. The lowest BCUT2D eigenvalue weighted by molar-refractivity contribution is -0.164. The molecule has 4 heteroatoms. The molecule has 0 aromatic rings. The van der Waals surface area contributed by atoms with E-state index in [0.717, 1.165) is 20.1 Å². The quantitative estimate of drug-likeness (QED) is 0.463. The molecular weight excluding hydrogens is 172 g/mol. The maximum atomic E-state index is 10.0. The van der Waals surface area contributed by atoms with Crippen LogP contribution in [0.4, 0.5) is 0 Å². The van der Waals surface area contributed by atoms with Gasteiger partial charge in [0.25, 0.3) is 0 Å². The second kappa shape index (κ2) is 9.03. The molecule has 0 aromatic heterocycles. The Morgan fingerprint density at radius 2 is 1.31 bits per heavy atom. The van der Waals surface area contributed by atoms with Gasteiger partial charge < -0.3 is 9.47 Å². The Kier molecular flexibility index (Phi) is 10.0. The second-order valence-corrected chi connectivity index (χ2v) is 2.79. The van der Waals surface area contributed by atoms with E-state index in [4.69, 9.17) is 0 Å². The van der Waals surface area contributed by atoms with E-state index in [2.05, 4.69) is 30.2 Å². The van der Waals surface area contributed by atoms with Crippen molar-refractivity contribution in [2.75, 3.05) is 14.2 Å². The van der Waals surface area contributed by atoms with Crippen molar-refractivity contribution < 1.29 is 19.1 Å². The van der Waals surface area contributed by atoms with Gasteiger partial charge in [0.1, 0.15) is 0 Å². The van der Waals surface area contributed by atoms with Crippen LogP contribution < -0.4 is 0 Å². The lowest BCUT2D eigenvalue weighted by Crippen LogP contribution is -2.16. The third kappa shape index (κ3) is 10.9. The monoisotopic (exact) mass is 190 g/mol. The molecule has 0 N–H and O–H groups in total. The van der Waals surface area contributed by atoms with Gasteiger partial charge in [-0.05, 0) is 5.92 Å². The van der Waals surface area contributed by atoms with Crippen LogP contribution in [0.15, 0.2) is 0 Å². The van der Waals surface area contributed by atoms with Gasteiger partial charge in [-0.3, -0.25) is 0 Å². The predicted octanol–water partition coefficient (Wildman–Crippen LogP) is 1.38. The Bertz CT molecular complexity index is 138. The Labute approximate surface area is 79.2 Å². The van der Waals surface area contributed by atoms with Crippen molar-refractivity contribution >= 4 is 11.9 Å². The highest BCUT2D eigenvalue weighted by Gasteiger charge is 2.11. The molecule has 13 heavy (non-hydrogen) atoms. The lowest BCUT2D eigenvalue weighted by Gasteiger charge is -1.92. The highest BCUT2D eigenvalue weighted by atomic mass is 16.6. The molecule has 0 amide bonds. The predicted molar refractivity (Wildman–Crippen MR) is 49.2 cm³/mol. The van der Waals surface area contributed by atoms with Gasteiger partial charge in [-0.25, -0.2) is 9.59 Å². The second-order valence-electron chi connectivity index (χ2n) is 2.79. The fourth-order valence-corrected chi connectivity index (χ4v) is 0.167. The molecule has 0 fully saturated rings. The van der Waals surface area contributed by atoms with Crippen molar-refractivity contribution in [3.8, 4) is 0 Å². The Morgan fingerprint density at radius 1 is 1.08 bits per heavy atom. The zero-order chi connectivity index (χ0) is 10.9. The number of rotatable bonds is 1. The summed E-state index contributed by atoms with van der Waals surface area (Å²) in [7, 11) is 2.22. The highest BCUT2D eigenvalue weighted by molar-refractivity contribution is 6.29. The number of carbonyl (C=O) groups is 2. The molecule has 0 radical (unpaired) electrons. The minimum absolute atomic E-state index is 0.884. The molecule has 0 aliphatic heterocycles. The summed E-state index contributed by atoms with van der Waals surface area (Å²) in [6.45, 7) is 6.64. The summed E-state index contributed by atoms with van der Waals surface area (Å²) in [6.07, 6.45) is 1.31. The van der Waals surface area contributed by atoms with Crippen molar-refractivity contribution in [1.82, 2.24) is 0 Å². The fraction of sp³-hybridized carbons (Fsp3) is 0.778. The van der Waals surface area contributed by atoms with Crippen LogP contribution in [0.5, 0.6) is 0 Å². The number of hydrogen-bond acceptors (Lipinski definition) is 4. The van der Waals surface area contributed by atoms with Gasteiger partial charge >= 0.3 is 11.9 Å². The number of methoxy groups -OCH3 is 2. The number of esters is 2. The summed E-state index contributed by atoms with van der Waals surface area (Å²) >= 11 is 0. The van der Waals surface area contributed by atoms with Crippen molar-refractivity contribution in [3.63, 3.8) is 0 Å². The maximum Gasteiger partial charge on any atom is 0.417 e. The Hall–Kier alpha value is -1.06. The summed E-state index contributed by atoms with van der Waals surface area (Å²) in [5.41, 5.74) is 0. The van der Waals surface area contributed by atoms with E-state index in [-0.39, 0.29) is 0 Å². The largest absolute Gasteiger partial charge is 0.461 e. The first-order valence-electron chi connectivity index (χ1n) is 4.15. The standard InChI is InChI=1S/C5H12.C4H6O4/c1-4-5(2)3;1-7-3(5)4(6)8-2/h5H,4H2,1-3H3;1-2H3. The van der Waals surface area contributed by atoms with Gasteiger partial charge in [-0.1, -0.05) is 27.2 Å². The summed E-state index contributed by atoms with van der Waals surface area (Å²) in [6, 6.07) is 0. The van der Waals surface area contributed by atoms with E-state index in [9.17, 15) is 9.59 Å². The maximum absolute atomic E-state index is 10.0. The Morgan fingerprint density at radius 3 is 1.38 bits per heavy atom. The van der Waals surface area contributed by atoms with Gasteiger partial charge in [-0.2, -0.15) is 0 Å². The molecular formula is C9H18O4. The summed E-state index contributed by atoms with van der Waals surface area (Å²) in [5.74, 6) is -1.07. The summed E-state index contributed by atoms with van der Waals surface area (Å²) in [4.78, 5) is 20.1. The SMILES string of the molecule is CCC(C)C.COC(=O)C(=O)OC. The van der Waals surface area contributed by atoms with Crippen molar-refractivity contribution in [2.24, 2.45) is 5.92 Å². The van der Waals surface area contributed by atoms with Crippen LogP contribution >= 0.6 is 0 Å². The first-order chi connectivity index (χ1) is 5.99. The smallest absolute Gasteiger partial charge is 0.417 e. The highest BCUT2D eigenvalue weighted by Crippen LogP contribution is 1.93. The lowest BCUT2D eigenvalue weighted by atomic mass is 10.2. The van der Waals surface area contributed by atoms with Crippen molar-refractivity contribution in [3.05, 3.63) is 0 Å². The normalized spacial score (nSPS) is 8.46. The molecule has 0 atom stereocenters. The van der Waals surface area contributed by atoms with E-state index in [1.54, 1.807) is 0 Å². The molecule has 0 aliphatic rings. The van der Waals surface area contributed by atoms with Crippen LogP contribution in [0.25, 0.3) is 0 Å². The average molecular weight is 190 g/mol. The van der Waals surface area contributed by atoms with Gasteiger partial charge in [-0.15, -0.1) is 0 Å². The molecule has 0 saturated carbocycles. The van der Waals surface area contributed by atoms with Crippen LogP contribution in [-0.4, -0.2) is 26.2 Å². The van der Waals surface area contributed by atoms with Crippen LogP contribution in [0.3, 0.4) is 0 Å². The molecule has 0 bridgehead atoms. The van der Waals surface area contributed by atoms with E-state index in [1.165, 1.54) is 6.42 Å². The van der Waals surface area contributed by atoms with Gasteiger partial charge in [0, 0.05) is 0 Å². The molecule has 4 nitrogen and oxygen atoms in total. The molecule has 78 valence electrons. The molecule has 0 saturated heterocycles. The van der Waals surface area contributed by atoms with Gasteiger partial charge in [0.05, 0.1) is 14.2 Å². The summed E-state index contributed by atoms with van der Waals surface area (Å²) < 4.78 is 7.98. The van der Waals surface area contributed by atoms with Crippen LogP contribution in [-0.2, 0) is 19.1 Å². The first-order valence-corrected chi connectivity index (χ1v) is 4.15. The molecule has 0 spiro atoms. The Balaban J connectivity index is 0. The zero-order valence-corrected chi connectivity index (χ0v) is 8.92. The average Bonchev–Trinajstić information content (AvgIpc) is 2.16. The van der Waals surface area contributed by atoms with E-state index >= 15 is 0 Å². The zero-order valence-electron chi connectivity index (χ0n) is 8.92. The van der Waals surface area contributed by atoms with Crippen molar-refractivity contribution in [2.45, 2.75) is 27.2 Å². The molecule has 0 aromatic carbocycles. The van der Waals surface area contributed by atoms with Crippen LogP contribution in [0.1, 0.15) is 27.2 Å². The van der Waals surface area contributed by atoms with Gasteiger partial charge in [0.2, 0.25) is 0 Å².